The molecule has 114 valence electrons. The summed E-state index contributed by atoms with van der Waals surface area (Å²) in [4.78, 5) is 21.8. The van der Waals surface area contributed by atoms with Crippen LogP contribution in [-0.2, 0) is 4.74 Å². The molecule has 2 aromatic rings. The van der Waals surface area contributed by atoms with Crippen LogP contribution in [0.15, 0.2) is 54.8 Å². The van der Waals surface area contributed by atoms with Crippen molar-refractivity contribution in [3.63, 3.8) is 0 Å². The number of nitro benzene ring substituents is 1. The molecule has 0 aliphatic rings. The van der Waals surface area contributed by atoms with Gasteiger partial charge in [-0.3, -0.25) is 10.1 Å². The monoisotopic (exact) mass is 328 g/mol. The molecular weight excluding hydrogens is 320 g/mol. The third-order valence-corrected chi connectivity index (χ3v) is 3.13. The minimum Gasteiger partial charge on any atom is -0.429 e. The van der Waals surface area contributed by atoms with Gasteiger partial charge in [0.05, 0.1) is 16.1 Å². The molecule has 2 aromatic carbocycles. The molecule has 0 atom stereocenters. The molecule has 23 heavy (non-hydrogen) atoms. The lowest BCUT2D eigenvalue weighted by Crippen LogP contribution is -2.01. The van der Waals surface area contributed by atoms with Crippen LogP contribution < -0.4 is 0 Å². The van der Waals surface area contributed by atoms with Crippen LogP contribution in [0, 0.1) is 21.4 Å². The first-order chi connectivity index (χ1) is 11.0. The van der Waals surface area contributed by atoms with E-state index in [0.29, 0.717) is 10.6 Å². The Labute approximate surface area is 136 Å². The van der Waals surface area contributed by atoms with Crippen LogP contribution in [-0.4, -0.2) is 10.9 Å². The highest BCUT2D eigenvalue weighted by Crippen LogP contribution is 2.18. The fourth-order valence-corrected chi connectivity index (χ4v) is 1.81. The molecule has 0 aliphatic carbocycles. The molecule has 0 N–H and O–H groups in total. The number of hydrogen-bond acceptors (Lipinski definition) is 5. The van der Waals surface area contributed by atoms with Crippen molar-refractivity contribution in [2.24, 2.45) is 0 Å². The maximum atomic E-state index is 11.9. The lowest BCUT2D eigenvalue weighted by atomic mass is 10.1. The molecule has 0 saturated heterocycles. The summed E-state index contributed by atoms with van der Waals surface area (Å²) in [5.41, 5.74) is 0.710. The summed E-state index contributed by atoms with van der Waals surface area (Å²) in [6.45, 7) is 0. The molecule has 6 nitrogen and oxygen atoms in total. The Balaban J connectivity index is 2.13. The average molecular weight is 329 g/mol. The number of esters is 1. The highest BCUT2D eigenvalue weighted by atomic mass is 35.5. The summed E-state index contributed by atoms with van der Waals surface area (Å²) in [6, 6.07) is 13.3. The number of rotatable bonds is 4. The second-order valence-corrected chi connectivity index (χ2v) is 4.80. The SMILES string of the molecule is N#CC(=COC(=O)c1ccc([N+](=O)[O-])cc1)c1ccc(Cl)cc1. The van der Waals surface area contributed by atoms with E-state index < -0.39 is 10.9 Å². The highest BCUT2D eigenvalue weighted by molar-refractivity contribution is 6.30. The molecule has 0 radical (unpaired) electrons. The number of non-ortho nitro benzene ring substituents is 1. The van der Waals surface area contributed by atoms with Crippen LogP contribution in [0.2, 0.25) is 5.02 Å². The number of carbonyl (C=O) groups is 1. The summed E-state index contributed by atoms with van der Waals surface area (Å²) in [5, 5.41) is 20.2. The molecular formula is C16H9ClN2O4. The standard InChI is InChI=1S/C16H9ClN2O4/c17-14-5-1-11(2-6-14)13(9-18)10-23-16(20)12-3-7-15(8-4-12)19(21)22/h1-8,10H. The first-order valence-corrected chi connectivity index (χ1v) is 6.70. The number of allylic oxidation sites excluding steroid dienone is 1. The fraction of sp³-hybridized carbons (Fsp3) is 0. The Morgan fingerprint density at radius 3 is 2.22 bits per heavy atom. The van der Waals surface area contributed by atoms with Gasteiger partial charge in [0.1, 0.15) is 12.3 Å². The number of nitrogens with zero attached hydrogens (tertiary/aromatic N) is 2. The number of halogens is 1. The van der Waals surface area contributed by atoms with Gasteiger partial charge in [-0.05, 0) is 29.8 Å². The molecule has 0 bridgehead atoms. The lowest BCUT2D eigenvalue weighted by Gasteiger charge is -2.02. The number of hydrogen-bond donors (Lipinski definition) is 0. The molecule has 0 heterocycles. The van der Waals surface area contributed by atoms with Gasteiger partial charge in [0.15, 0.2) is 0 Å². The molecule has 0 saturated carbocycles. The second-order valence-electron chi connectivity index (χ2n) is 4.36. The number of nitriles is 1. The molecule has 0 spiro atoms. The molecule has 7 heteroatoms. The topological polar surface area (TPSA) is 93.2 Å². The predicted molar refractivity (Wildman–Crippen MR) is 83.6 cm³/mol. The van der Waals surface area contributed by atoms with Gasteiger partial charge in [-0.25, -0.2) is 4.79 Å². The van der Waals surface area contributed by atoms with Crippen LogP contribution >= 0.6 is 11.6 Å². The van der Waals surface area contributed by atoms with Gasteiger partial charge in [0, 0.05) is 17.2 Å². The van der Waals surface area contributed by atoms with Crippen molar-refractivity contribution in [3.8, 4) is 6.07 Å². The van der Waals surface area contributed by atoms with Gasteiger partial charge in [-0.2, -0.15) is 5.26 Å². The van der Waals surface area contributed by atoms with Crippen molar-refractivity contribution in [1.82, 2.24) is 0 Å². The van der Waals surface area contributed by atoms with E-state index >= 15 is 0 Å². The zero-order valence-electron chi connectivity index (χ0n) is 11.6. The summed E-state index contributed by atoms with van der Waals surface area (Å²) >= 11 is 5.77. The summed E-state index contributed by atoms with van der Waals surface area (Å²) < 4.78 is 4.94. The predicted octanol–water partition coefficient (Wildman–Crippen LogP) is 3.97. The molecule has 0 aliphatic heterocycles. The number of nitro groups is 1. The summed E-state index contributed by atoms with van der Waals surface area (Å²) in [6.07, 6.45) is 1.03. The first-order valence-electron chi connectivity index (χ1n) is 6.33. The van der Waals surface area contributed by atoms with Crippen LogP contribution in [0.4, 0.5) is 5.69 Å². The van der Waals surface area contributed by atoms with Crippen molar-refractivity contribution in [2.45, 2.75) is 0 Å². The van der Waals surface area contributed by atoms with Gasteiger partial charge in [-0.15, -0.1) is 0 Å². The van der Waals surface area contributed by atoms with Crippen LogP contribution in [0.25, 0.3) is 5.57 Å². The van der Waals surface area contributed by atoms with E-state index in [4.69, 9.17) is 21.6 Å². The van der Waals surface area contributed by atoms with Gasteiger partial charge in [0.25, 0.3) is 5.69 Å². The Kier molecular flexibility index (Phi) is 5.07. The summed E-state index contributed by atoms with van der Waals surface area (Å²) in [5.74, 6) is -0.721. The van der Waals surface area contributed by atoms with Gasteiger partial charge in [0.2, 0.25) is 0 Å². The summed E-state index contributed by atoms with van der Waals surface area (Å²) in [7, 11) is 0. The average Bonchev–Trinajstić information content (AvgIpc) is 2.56. The van der Waals surface area contributed by atoms with E-state index in [2.05, 4.69) is 0 Å². The first kappa shape index (κ1) is 16.2. The van der Waals surface area contributed by atoms with Crippen molar-refractivity contribution >= 4 is 28.8 Å². The zero-order chi connectivity index (χ0) is 16.8. The van der Waals surface area contributed by atoms with E-state index in [1.807, 2.05) is 6.07 Å². The van der Waals surface area contributed by atoms with E-state index in [-0.39, 0.29) is 16.8 Å². The Morgan fingerprint density at radius 1 is 1.13 bits per heavy atom. The second kappa shape index (κ2) is 7.20. The molecule has 0 aromatic heterocycles. The van der Waals surface area contributed by atoms with E-state index in [1.165, 1.54) is 24.3 Å². The van der Waals surface area contributed by atoms with Gasteiger partial charge >= 0.3 is 5.97 Å². The Morgan fingerprint density at radius 2 is 1.70 bits per heavy atom. The van der Waals surface area contributed by atoms with E-state index in [1.54, 1.807) is 24.3 Å². The zero-order valence-corrected chi connectivity index (χ0v) is 12.4. The highest BCUT2D eigenvalue weighted by Gasteiger charge is 2.10. The fourth-order valence-electron chi connectivity index (χ4n) is 1.69. The molecule has 0 unspecified atom stereocenters. The minimum atomic E-state index is -0.721. The van der Waals surface area contributed by atoms with Gasteiger partial charge < -0.3 is 4.74 Å². The Hall–Kier alpha value is -3.17. The number of carbonyl (C=O) groups excluding carboxylic acids is 1. The van der Waals surface area contributed by atoms with E-state index in [9.17, 15) is 14.9 Å². The van der Waals surface area contributed by atoms with Crippen molar-refractivity contribution in [1.29, 1.82) is 5.26 Å². The molecule has 0 fully saturated rings. The third-order valence-electron chi connectivity index (χ3n) is 2.87. The van der Waals surface area contributed by atoms with Gasteiger partial charge in [-0.1, -0.05) is 23.7 Å². The van der Waals surface area contributed by atoms with Crippen molar-refractivity contribution in [3.05, 3.63) is 81.1 Å². The molecule has 0 amide bonds. The quantitative estimate of drug-likeness (QED) is 0.278. The third kappa shape index (κ3) is 4.15. The largest absolute Gasteiger partial charge is 0.429 e. The van der Waals surface area contributed by atoms with E-state index in [0.717, 1.165) is 6.26 Å². The Bertz CT molecular complexity index is 805. The smallest absolute Gasteiger partial charge is 0.342 e. The lowest BCUT2D eigenvalue weighted by molar-refractivity contribution is -0.384. The van der Waals surface area contributed by atoms with Crippen LogP contribution in [0.3, 0.4) is 0 Å². The maximum absolute atomic E-state index is 11.9. The van der Waals surface area contributed by atoms with Crippen molar-refractivity contribution in [2.75, 3.05) is 0 Å². The normalized spacial score (nSPS) is 10.7. The van der Waals surface area contributed by atoms with Crippen LogP contribution in [0.5, 0.6) is 0 Å². The number of ether oxygens (including phenoxy) is 1. The molecule has 2 rings (SSSR count). The minimum absolute atomic E-state index is 0.129. The van der Waals surface area contributed by atoms with Crippen LogP contribution in [0.1, 0.15) is 15.9 Å². The van der Waals surface area contributed by atoms with Crippen molar-refractivity contribution < 1.29 is 14.5 Å². The maximum Gasteiger partial charge on any atom is 0.342 e. The number of benzene rings is 2.